The Hall–Kier alpha value is -3.11. The minimum absolute atomic E-state index is 0.131. The molecule has 1 N–H and O–H groups in total. The van der Waals surface area contributed by atoms with Crippen LogP contribution in [0.15, 0.2) is 42.5 Å². The molecule has 36 heavy (non-hydrogen) atoms. The molecule has 0 bridgehead atoms. The highest BCUT2D eigenvalue weighted by Gasteiger charge is 2.33. The van der Waals surface area contributed by atoms with Gasteiger partial charge in [0.1, 0.15) is 18.3 Å². The number of hydrogen-bond acceptors (Lipinski definition) is 5. The van der Waals surface area contributed by atoms with Gasteiger partial charge in [0.2, 0.25) is 11.8 Å². The highest BCUT2D eigenvalue weighted by atomic mass is 32.2. The first-order valence-corrected chi connectivity index (χ1v) is 13.3. The molecule has 198 valence electrons. The van der Waals surface area contributed by atoms with Crippen LogP contribution in [0.2, 0.25) is 0 Å². The van der Waals surface area contributed by atoms with Crippen molar-refractivity contribution in [2.45, 2.75) is 46.7 Å². The highest BCUT2D eigenvalue weighted by molar-refractivity contribution is 7.90. The van der Waals surface area contributed by atoms with Crippen molar-refractivity contribution >= 4 is 27.7 Å². The summed E-state index contributed by atoms with van der Waals surface area (Å²) in [7, 11) is 0.417. The lowest BCUT2D eigenvalue weighted by atomic mass is 10.1. The summed E-state index contributed by atoms with van der Waals surface area (Å²) in [4.78, 5) is 28.0. The minimum Gasteiger partial charge on any atom is -0.497 e. The summed E-state index contributed by atoms with van der Waals surface area (Å²) in [6.45, 7) is 7.42. The standard InChI is InChI=1S/C26H38N4O5S/c1-8-15-27-26(32)21(4)29(17-22-11-13-23(35-7)14-12-22)25(31)18-30(36(33,34)28(5)6)24-16-19(2)9-10-20(24)3/h9-14,16,21H,8,15,17-18H2,1-7H3,(H,27,32)/t21-/m0/s1. The fraction of sp³-hybridized carbons (Fsp3) is 0.462. The van der Waals surface area contributed by atoms with Gasteiger partial charge >= 0.3 is 10.2 Å². The number of nitrogens with one attached hydrogen (secondary N) is 1. The molecule has 0 aliphatic rings. The Balaban J connectivity index is 2.48. The molecule has 0 saturated heterocycles. The Bertz CT molecular complexity index is 1150. The summed E-state index contributed by atoms with van der Waals surface area (Å²) >= 11 is 0. The summed E-state index contributed by atoms with van der Waals surface area (Å²) in [6.07, 6.45) is 0.756. The van der Waals surface area contributed by atoms with Gasteiger partial charge in [-0.2, -0.15) is 12.7 Å². The van der Waals surface area contributed by atoms with Gasteiger partial charge < -0.3 is 15.0 Å². The number of rotatable bonds is 12. The Morgan fingerprint density at radius 2 is 1.69 bits per heavy atom. The van der Waals surface area contributed by atoms with Crippen molar-refractivity contribution in [1.82, 2.24) is 14.5 Å². The number of carbonyl (C=O) groups is 2. The van der Waals surface area contributed by atoms with E-state index in [0.717, 1.165) is 26.2 Å². The molecule has 0 saturated carbocycles. The van der Waals surface area contributed by atoms with E-state index < -0.39 is 28.7 Å². The molecule has 0 aromatic heterocycles. The van der Waals surface area contributed by atoms with Crippen LogP contribution in [0.3, 0.4) is 0 Å². The van der Waals surface area contributed by atoms with Crippen molar-refractivity contribution in [2.75, 3.05) is 38.6 Å². The lowest BCUT2D eigenvalue weighted by molar-refractivity contribution is -0.139. The molecule has 2 aromatic carbocycles. The van der Waals surface area contributed by atoms with Gasteiger partial charge in [-0.15, -0.1) is 0 Å². The number of nitrogens with zero attached hydrogens (tertiary/aromatic N) is 3. The highest BCUT2D eigenvalue weighted by Crippen LogP contribution is 2.26. The van der Waals surface area contributed by atoms with E-state index >= 15 is 0 Å². The quantitative estimate of drug-likeness (QED) is 0.466. The SMILES string of the molecule is CCCNC(=O)[C@H](C)N(Cc1ccc(OC)cc1)C(=O)CN(c1cc(C)ccc1C)S(=O)(=O)N(C)C. The van der Waals surface area contributed by atoms with Gasteiger partial charge in [-0.05, 0) is 62.1 Å². The zero-order chi connectivity index (χ0) is 27.0. The van der Waals surface area contributed by atoms with Crippen molar-refractivity contribution in [3.8, 4) is 5.75 Å². The maximum atomic E-state index is 13.7. The largest absolute Gasteiger partial charge is 0.497 e. The molecule has 9 nitrogen and oxygen atoms in total. The molecule has 1 atom stereocenters. The van der Waals surface area contributed by atoms with Crippen molar-refractivity contribution < 1.29 is 22.7 Å². The van der Waals surface area contributed by atoms with Crippen LogP contribution in [0.4, 0.5) is 5.69 Å². The number of carbonyl (C=O) groups excluding carboxylic acids is 2. The van der Waals surface area contributed by atoms with Gasteiger partial charge in [0.15, 0.2) is 0 Å². The molecule has 0 unspecified atom stereocenters. The monoisotopic (exact) mass is 518 g/mol. The van der Waals surface area contributed by atoms with Crippen LogP contribution in [0, 0.1) is 13.8 Å². The van der Waals surface area contributed by atoms with Crippen LogP contribution in [-0.2, 0) is 26.3 Å². The zero-order valence-corrected chi connectivity index (χ0v) is 23.1. The third-order valence-corrected chi connectivity index (χ3v) is 7.69. The van der Waals surface area contributed by atoms with Crippen LogP contribution in [0.25, 0.3) is 0 Å². The lowest BCUT2D eigenvalue weighted by Gasteiger charge is -2.33. The fourth-order valence-electron chi connectivity index (χ4n) is 3.60. The molecule has 0 heterocycles. The molecule has 0 radical (unpaired) electrons. The summed E-state index contributed by atoms with van der Waals surface area (Å²) in [6, 6.07) is 11.8. The number of benzene rings is 2. The Morgan fingerprint density at radius 3 is 2.25 bits per heavy atom. The Kier molecular flexibility index (Phi) is 10.3. The van der Waals surface area contributed by atoms with E-state index in [9.17, 15) is 18.0 Å². The van der Waals surface area contributed by atoms with E-state index in [-0.39, 0.29) is 12.5 Å². The number of amides is 2. The first-order chi connectivity index (χ1) is 16.9. The first kappa shape index (κ1) is 29.1. The fourth-order valence-corrected chi connectivity index (χ4v) is 4.71. The molecule has 2 aromatic rings. The molecule has 0 spiro atoms. The number of aryl methyl sites for hydroxylation is 2. The number of ether oxygens (including phenoxy) is 1. The molecule has 0 aliphatic carbocycles. The summed E-state index contributed by atoms with van der Waals surface area (Å²) in [5.41, 5.74) is 2.79. The molecule has 2 rings (SSSR count). The smallest absolute Gasteiger partial charge is 0.304 e. The van der Waals surface area contributed by atoms with Gasteiger partial charge in [-0.3, -0.25) is 9.59 Å². The van der Waals surface area contributed by atoms with Crippen LogP contribution >= 0.6 is 0 Å². The van der Waals surface area contributed by atoms with E-state index in [2.05, 4.69) is 5.32 Å². The molecular formula is C26H38N4O5S. The Labute approximate surface area is 215 Å². The van der Waals surface area contributed by atoms with Crippen LogP contribution < -0.4 is 14.4 Å². The average Bonchev–Trinajstić information content (AvgIpc) is 2.85. The van der Waals surface area contributed by atoms with Crippen LogP contribution in [0.5, 0.6) is 5.75 Å². The topological polar surface area (TPSA) is 99.3 Å². The van der Waals surface area contributed by atoms with Gasteiger partial charge in [0, 0.05) is 27.2 Å². The first-order valence-electron chi connectivity index (χ1n) is 11.9. The molecule has 2 amide bonds. The third-order valence-electron chi connectivity index (χ3n) is 5.88. The normalized spacial score (nSPS) is 12.2. The van der Waals surface area contributed by atoms with Crippen LogP contribution in [-0.4, -0.2) is 69.8 Å². The summed E-state index contributed by atoms with van der Waals surface area (Å²) < 4.78 is 34.0. The molecular weight excluding hydrogens is 480 g/mol. The third kappa shape index (κ3) is 7.20. The Morgan fingerprint density at radius 1 is 1.06 bits per heavy atom. The van der Waals surface area contributed by atoms with Gasteiger partial charge in [-0.1, -0.05) is 31.2 Å². The van der Waals surface area contributed by atoms with Crippen LogP contribution in [0.1, 0.15) is 37.0 Å². The second-order valence-corrected chi connectivity index (χ2v) is 11.0. The van der Waals surface area contributed by atoms with E-state index in [1.54, 1.807) is 39.2 Å². The number of methoxy groups -OCH3 is 1. The predicted molar refractivity (Wildman–Crippen MR) is 142 cm³/mol. The second kappa shape index (κ2) is 12.7. The van der Waals surface area contributed by atoms with E-state index in [1.165, 1.54) is 19.0 Å². The average molecular weight is 519 g/mol. The maximum Gasteiger partial charge on any atom is 0.304 e. The number of hydrogen-bond donors (Lipinski definition) is 1. The van der Waals surface area contributed by atoms with Gasteiger partial charge in [-0.25, -0.2) is 4.31 Å². The molecule has 0 aliphatic heterocycles. The molecule has 10 heteroatoms. The maximum absolute atomic E-state index is 13.7. The number of anilines is 1. The zero-order valence-electron chi connectivity index (χ0n) is 22.2. The predicted octanol–water partition coefficient (Wildman–Crippen LogP) is 2.87. The van der Waals surface area contributed by atoms with Crippen molar-refractivity contribution in [3.05, 3.63) is 59.2 Å². The molecule has 0 fully saturated rings. The van der Waals surface area contributed by atoms with Crippen molar-refractivity contribution in [3.63, 3.8) is 0 Å². The summed E-state index contributed by atoms with van der Waals surface area (Å²) in [5.74, 6) is -0.118. The summed E-state index contributed by atoms with van der Waals surface area (Å²) in [5, 5.41) is 2.83. The van der Waals surface area contributed by atoms with E-state index in [1.807, 2.05) is 38.1 Å². The van der Waals surface area contributed by atoms with Crippen molar-refractivity contribution in [2.24, 2.45) is 0 Å². The van der Waals surface area contributed by atoms with E-state index in [4.69, 9.17) is 4.74 Å². The van der Waals surface area contributed by atoms with E-state index in [0.29, 0.717) is 23.5 Å². The minimum atomic E-state index is -4.00. The van der Waals surface area contributed by atoms with Gasteiger partial charge in [0.05, 0.1) is 12.8 Å². The lowest BCUT2D eigenvalue weighted by Crippen LogP contribution is -2.52. The second-order valence-electron chi connectivity index (χ2n) is 8.92. The van der Waals surface area contributed by atoms with Crippen molar-refractivity contribution in [1.29, 1.82) is 0 Å². The van der Waals surface area contributed by atoms with Gasteiger partial charge in [0.25, 0.3) is 0 Å².